The monoisotopic (exact) mass is 230 g/mol. The van der Waals surface area contributed by atoms with Gasteiger partial charge in [0.1, 0.15) is 0 Å². The van der Waals surface area contributed by atoms with Crippen molar-refractivity contribution in [2.45, 2.75) is 26.9 Å². The Bertz CT molecular complexity index is 551. The highest BCUT2D eigenvalue weighted by atomic mass is 16.3. The fraction of sp³-hybridized carbons (Fsp3) is 0.286. The van der Waals surface area contributed by atoms with E-state index in [0.717, 1.165) is 5.56 Å². The fourth-order valence-electron chi connectivity index (χ4n) is 2.32. The van der Waals surface area contributed by atoms with Crippen molar-refractivity contribution >= 4 is 11.6 Å². The average Bonchev–Trinajstić information content (AvgIpc) is 2.26. The van der Waals surface area contributed by atoms with Gasteiger partial charge < -0.3 is 5.11 Å². The van der Waals surface area contributed by atoms with Crippen LogP contribution in [0.2, 0.25) is 0 Å². The predicted molar refractivity (Wildman–Crippen MR) is 64.4 cm³/mol. The summed E-state index contributed by atoms with van der Waals surface area (Å²) in [5.41, 5.74) is 3.05. The lowest BCUT2D eigenvalue weighted by Crippen LogP contribution is -2.17. The van der Waals surface area contributed by atoms with Crippen molar-refractivity contribution in [3.05, 3.63) is 46.0 Å². The summed E-state index contributed by atoms with van der Waals surface area (Å²) < 4.78 is 0. The van der Waals surface area contributed by atoms with Crippen LogP contribution < -0.4 is 0 Å². The molecule has 1 aliphatic rings. The number of hydrogen-bond acceptors (Lipinski definition) is 3. The summed E-state index contributed by atoms with van der Waals surface area (Å²) in [6.45, 7) is 5.21. The van der Waals surface area contributed by atoms with E-state index >= 15 is 0 Å². The fourth-order valence-corrected chi connectivity index (χ4v) is 2.32. The SMILES string of the molecule is Cc1cc(C(C)O)c(C)c2c1C(=O)C=CC2=O. The van der Waals surface area contributed by atoms with Gasteiger partial charge in [-0.05, 0) is 49.6 Å². The van der Waals surface area contributed by atoms with Gasteiger partial charge in [-0.15, -0.1) is 0 Å². The normalized spacial score (nSPS) is 16.0. The third-order valence-corrected chi connectivity index (χ3v) is 3.15. The lowest BCUT2D eigenvalue weighted by molar-refractivity contribution is 0.0992. The number of aliphatic hydroxyl groups excluding tert-OH is 1. The van der Waals surface area contributed by atoms with E-state index in [4.69, 9.17) is 0 Å². The van der Waals surface area contributed by atoms with Gasteiger partial charge in [-0.25, -0.2) is 0 Å². The van der Waals surface area contributed by atoms with E-state index in [1.807, 2.05) is 0 Å². The number of ketones is 2. The van der Waals surface area contributed by atoms with Crippen LogP contribution in [0.15, 0.2) is 18.2 Å². The van der Waals surface area contributed by atoms with Crippen LogP contribution in [0.5, 0.6) is 0 Å². The molecule has 1 unspecified atom stereocenters. The van der Waals surface area contributed by atoms with Crippen LogP contribution in [-0.4, -0.2) is 16.7 Å². The maximum atomic E-state index is 11.9. The molecule has 0 spiro atoms. The Labute approximate surface area is 99.8 Å². The number of allylic oxidation sites excluding steroid dienone is 2. The van der Waals surface area contributed by atoms with Crippen LogP contribution in [0.3, 0.4) is 0 Å². The molecule has 1 aliphatic carbocycles. The third kappa shape index (κ3) is 1.72. The summed E-state index contributed by atoms with van der Waals surface area (Å²) in [6.07, 6.45) is 1.95. The number of carbonyl (C=O) groups is 2. The smallest absolute Gasteiger partial charge is 0.187 e. The molecule has 3 heteroatoms. The second kappa shape index (κ2) is 3.93. The summed E-state index contributed by atoms with van der Waals surface area (Å²) in [5.74, 6) is -0.306. The molecule has 0 heterocycles. The van der Waals surface area contributed by atoms with E-state index < -0.39 is 6.10 Å². The number of fused-ring (bicyclic) bond motifs is 1. The lowest BCUT2D eigenvalue weighted by atomic mass is 9.84. The maximum absolute atomic E-state index is 11.9. The summed E-state index contributed by atoms with van der Waals surface area (Å²) in [4.78, 5) is 23.6. The maximum Gasteiger partial charge on any atom is 0.187 e. The van der Waals surface area contributed by atoms with Gasteiger partial charge in [-0.1, -0.05) is 6.07 Å². The van der Waals surface area contributed by atoms with Crippen LogP contribution in [0.4, 0.5) is 0 Å². The van der Waals surface area contributed by atoms with E-state index in [-0.39, 0.29) is 11.6 Å². The molecule has 17 heavy (non-hydrogen) atoms. The quantitative estimate of drug-likeness (QED) is 0.805. The summed E-state index contributed by atoms with van der Waals surface area (Å²) in [7, 11) is 0. The molecule has 3 nitrogen and oxygen atoms in total. The predicted octanol–water partition coefficient (Wildman–Crippen LogP) is 2.29. The van der Waals surface area contributed by atoms with Crippen molar-refractivity contribution in [1.82, 2.24) is 0 Å². The third-order valence-electron chi connectivity index (χ3n) is 3.15. The van der Waals surface area contributed by atoms with Crippen LogP contribution in [0.25, 0.3) is 0 Å². The van der Waals surface area contributed by atoms with Crippen molar-refractivity contribution in [1.29, 1.82) is 0 Å². The molecule has 1 aromatic carbocycles. The highest BCUT2D eigenvalue weighted by molar-refractivity contribution is 6.23. The standard InChI is InChI=1S/C14H14O3/c1-7-6-10(9(3)15)8(2)14-12(17)5-4-11(16)13(7)14/h4-6,9,15H,1-3H3. The largest absolute Gasteiger partial charge is 0.389 e. The second-order valence-corrected chi connectivity index (χ2v) is 4.40. The second-order valence-electron chi connectivity index (χ2n) is 4.40. The van der Waals surface area contributed by atoms with E-state index in [9.17, 15) is 14.7 Å². The van der Waals surface area contributed by atoms with Gasteiger partial charge in [0, 0.05) is 11.1 Å². The molecular weight excluding hydrogens is 216 g/mol. The zero-order valence-electron chi connectivity index (χ0n) is 10.1. The molecule has 0 radical (unpaired) electrons. The molecule has 0 aliphatic heterocycles. The van der Waals surface area contributed by atoms with E-state index in [1.54, 1.807) is 26.8 Å². The van der Waals surface area contributed by atoms with Crippen molar-refractivity contribution < 1.29 is 14.7 Å². The molecule has 88 valence electrons. The Balaban J connectivity index is 2.81. The molecule has 0 aromatic heterocycles. The number of aryl methyl sites for hydroxylation is 1. The Morgan fingerprint density at radius 1 is 1.06 bits per heavy atom. The Morgan fingerprint density at radius 2 is 1.59 bits per heavy atom. The summed E-state index contributed by atoms with van der Waals surface area (Å²) >= 11 is 0. The van der Waals surface area contributed by atoms with Gasteiger partial charge in [0.15, 0.2) is 11.6 Å². The topological polar surface area (TPSA) is 54.4 Å². The van der Waals surface area contributed by atoms with Gasteiger partial charge in [-0.2, -0.15) is 0 Å². The van der Waals surface area contributed by atoms with E-state index in [1.165, 1.54) is 12.2 Å². The highest BCUT2D eigenvalue weighted by Crippen LogP contribution is 2.29. The van der Waals surface area contributed by atoms with Crippen molar-refractivity contribution in [2.24, 2.45) is 0 Å². The molecular formula is C14H14O3. The van der Waals surface area contributed by atoms with Crippen LogP contribution in [-0.2, 0) is 0 Å². The molecule has 0 fully saturated rings. The average molecular weight is 230 g/mol. The van der Waals surface area contributed by atoms with Crippen molar-refractivity contribution in [2.75, 3.05) is 0 Å². The summed E-state index contributed by atoms with van der Waals surface area (Å²) in [6, 6.07) is 1.78. The van der Waals surface area contributed by atoms with Gasteiger partial charge >= 0.3 is 0 Å². The van der Waals surface area contributed by atoms with Crippen molar-refractivity contribution in [3.8, 4) is 0 Å². The zero-order valence-corrected chi connectivity index (χ0v) is 10.1. The minimum Gasteiger partial charge on any atom is -0.389 e. The molecule has 1 N–H and O–H groups in total. The molecule has 2 rings (SSSR count). The van der Waals surface area contributed by atoms with Crippen LogP contribution in [0.1, 0.15) is 50.4 Å². The first-order valence-electron chi connectivity index (χ1n) is 5.52. The Hall–Kier alpha value is -1.74. The number of rotatable bonds is 1. The first-order chi connectivity index (χ1) is 7.93. The van der Waals surface area contributed by atoms with Crippen molar-refractivity contribution in [3.63, 3.8) is 0 Å². The Morgan fingerprint density at radius 3 is 2.12 bits per heavy atom. The molecule has 0 saturated carbocycles. The minimum absolute atomic E-state index is 0.141. The zero-order chi connectivity index (χ0) is 12.7. The summed E-state index contributed by atoms with van der Waals surface area (Å²) in [5, 5.41) is 9.67. The number of aliphatic hydroxyl groups is 1. The number of benzene rings is 1. The Kier molecular flexibility index (Phi) is 2.71. The van der Waals surface area contributed by atoms with Gasteiger partial charge in [0.25, 0.3) is 0 Å². The highest BCUT2D eigenvalue weighted by Gasteiger charge is 2.25. The lowest BCUT2D eigenvalue weighted by Gasteiger charge is -2.19. The number of carbonyl (C=O) groups excluding carboxylic acids is 2. The molecule has 0 saturated heterocycles. The van der Waals surface area contributed by atoms with E-state index in [0.29, 0.717) is 22.3 Å². The molecule has 1 aromatic rings. The van der Waals surface area contributed by atoms with Crippen LogP contribution in [0, 0.1) is 13.8 Å². The molecule has 0 amide bonds. The molecule has 1 atom stereocenters. The van der Waals surface area contributed by atoms with Gasteiger partial charge in [-0.3, -0.25) is 9.59 Å². The molecule has 0 bridgehead atoms. The van der Waals surface area contributed by atoms with Gasteiger partial charge in [0.2, 0.25) is 0 Å². The first-order valence-corrected chi connectivity index (χ1v) is 5.52. The van der Waals surface area contributed by atoms with E-state index in [2.05, 4.69) is 0 Å². The minimum atomic E-state index is -0.646. The number of hydrogen-bond donors (Lipinski definition) is 1. The van der Waals surface area contributed by atoms with Crippen LogP contribution >= 0.6 is 0 Å². The first kappa shape index (κ1) is 11.7. The van der Waals surface area contributed by atoms with Gasteiger partial charge in [0.05, 0.1) is 6.10 Å².